The van der Waals surface area contributed by atoms with Crippen molar-refractivity contribution in [3.63, 3.8) is 0 Å². The summed E-state index contributed by atoms with van der Waals surface area (Å²) in [4.78, 5) is 0. The van der Waals surface area contributed by atoms with Crippen molar-refractivity contribution in [3.8, 4) is 5.75 Å². The first-order chi connectivity index (χ1) is 9.78. The number of rotatable bonds is 3. The first-order valence-corrected chi connectivity index (χ1v) is 8.34. The van der Waals surface area contributed by atoms with Crippen LogP contribution in [0.15, 0.2) is 22.7 Å². The van der Waals surface area contributed by atoms with Gasteiger partial charge in [0, 0.05) is 35.0 Å². The second-order valence-corrected chi connectivity index (χ2v) is 6.58. The fraction of sp³-hybridized carbons (Fsp3) is 0.625. The molecule has 20 heavy (non-hydrogen) atoms. The summed E-state index contributed by atoms with van der Waals surface area (Å²) in [6.45, 7) is 4.88. The predicted octanol–water partition coefficient (Wildman–Crippen LogP) is 3.68. The van der Waals surface area contributed by atoms with Crippen molar-refractivity contribution in [2.24, 2.45) is 5.92 Å². The number of benzene rings is 1. The molecule has 0 saturated carbocycles. The quantitative estimate of drug-likeness (QED) is 0.911. The van der Waals surface area contributed by atoms with Gasteiger partial charge in [-0.15, -0.1) is 0 Å². The molecule has 0 spiro atoms. The van der Waals surface area contributed by atoms with Crippen LogP contribution in [-0.2, 0) is 4.74 Å². The van der Waals surface area contributed by atoms with E-state index in [1.165, 1.54) is 12.0 Å². The minimum atomic E-state index is 0.271. The van der Waals surface area contributed by atoms with E-state index in [0.29, 0.717) is 12.0 Å². The van der Waals surface area contributed by atoms with Crippen molar-refractivity contribution < 1.29 is 9.47 Å². The molecule has 110 valence electrons. The summed E-state index contributed by atoms with van der Waals surface area (Å²) < 4.78 is 13.0. The first-order valence-electron chi connectivity index (χ1n) is 7.55. The lowest BCUT2D eigenvalue weighted by Gasteiger charge is -2.38. The third-order valence-electron chi connectivity index (χ3n) is 4.27. The molecule has 0 aliphatic carbocycles. The third-order valence-corrected chi connectivity index (χ3v) is 4.76. The minimum absolute atomic E-state index is 0.271. The van der Waals surface area contributed by atoms with Crippen molar-refractivity contribution >= 4 is 15.9 Å². The zero-order valence-corrected chi connectivity index (χ0v) is 13.5. The highest BCUT2D eigenvalue weighted by atomic mass is 79.9. The van der Waals surface area contributed by atoms with E-state index >= 15 is 0 Å². The Kier molecular flexibility index (Phi) is 4.64. The van der Waals surface area contributed by atoms with Gasteiger partial charge in [0.1, 0.15) is 11.9 Å². The lowest BCUT2D eigenvalue weighted by Crippen LogP contribution is -2.40. The van der Waals surface area contributed by atoms with Crippen LogP contribution >= 0.6 is 15.9 Å². The fourth-order valence-corrected chi connectivity index (χ4v) is 3.64. The number of hydrogen-bond donors (Lipinski definition) is 1. The smallest absolute Gasteiger partial charge is 0.124 e. The highest BCUT2D eigenvalue weighted by Crippen LogP contribution is 2.39. The number of fused-ring (bicyclic) bond motifs is 1. The van der Waals surface area contributed by atoms with Crippen LogP contribution in [-0.4, -0.2) is 25.9 Å². The Bertz CT molecular complexity index is 460. The number of ether oxygens (including phenoxy) is 2. The van der Waals surface area contributed by atoms with Crippen LogP contribution in [0.4, 0.5) is 0 Å². The maximum Gasteiger partial charge on any atom is 0.124 e. The summed E-state index contributed by atoms with van der Waals surface area (Å²) in [7, 11) is 0. The molecule has 3 nitrogen and oxygen atoms in total. The van der Waals surface area contributed by atoms with Gasteiger partial charge in [-0.2, -0.15) is 0 Å². The van der Waals surface area contributed by atoms with E-state index in [2.05, 4.69) is 46.4 Å². The average Bonchev–Trinajstić information content (AvgIpc) is 2.49. The molecule has 3 rings (SSSR count). The largest absolute Gasteiger partial charge is 0.490 e. The Labute approximate surface area is 129 Å². The van der Waals surface area contributed by atoms with E-state index in [9.17, 15) is 0 Å². The zero-order valence-electron chi connectivity index (χ0n) is 11.9. The molecule has 2 aliphatic rings. The maximum absolute atomic E-state index is 6.26. The molecule has 3 atom stereocenters. The zero-order chi connectivity index (χ0) is 13.9. The van der Waals surface area contributed by atoms with E-state index in [1.54, 1.807) is 0 Å². The molecule has 0 radical (unpaired) electrons. The van der Waals surface area contributed by atoms with Gasteiger partial charge >= 0.3 is 0 Å². The van der Waals surface area contributed by atoms with Crippen LogP contribution in [0.2, 0.25) is 0 Å². The van der Waals surface area contributed by atoms with Crippen LogP contribution in [0.1, 0.15) is 37.8 Å². The molecule has 0 amide bonds. The van der Waals surface area contributed by atoms with Gasteiger partial charge in [-0.1, -0.05) is 22.9 Å². The number of nitrogens with one attached hydrogen (secondary N) is 1. The topological polar surface area (TPSA) is 30.5 Å². The highest BCUT2D eigenvalue weighted by molar-refractivity contribution is 9.10. The Morgan fingerprint density at radius 3 is 3.05 bits per heavy atom. The first kappa shape index (κ1) is 14.4. The predicted molar refractivity (Wildman–Crippen MR) is 83.1 cm³/mol. The Morgan fingerprint density at radius 2 is 2.30 bits per heavy atom. The van der Waals surface area contributed by atoms with Crippen LogP contribution in [0, 0.1) is 5.92 Å². The normalized spacial score (nSPS) is 29.6. The van der Waals surface area contributed by atoms with Gasteiger partial charge < -0.3 is 14.8 Å². The lowest BCUT2D eigenvalue weighted by molar-refractivity contribution is -0.0110. The van der Waals surface area contributed by atoms with Gasteiger partial charge in [0.15, 0.2) is 0 Å². The molecule has 1 saturated heterocycles. The van der Waals surface area contributed by atoms with Gasteiger partial charge in [0.05, 0.1) is 6.61 Å². The van der Waals surface area contributed by atoms with E-state index in [0.717, 1.165) is 42.8 Å². The molecule has 3 unspecified atom stereocenters. The van der Waals surface area contributed by atoms with E-state index in [-0.39, 0.29) is 6.10 Å². The SMILES string of the molecule is CCNC1CC(C2CCCOC2)Oc2ccc(Br)cc21. The molecule has 1 aromatic rings. The Balaban J connectivity index is 1.82. The van der Waals surface area contributed by atoms with E-state index in [1.807, 2.05) is 0 Å². The van der Waals surface area contributed by atoms with Gasteiger partial charge in [0.25, 0.3) is 0 Å². The van der Waals surface area contributed by atoms with Gasteiger partial charge in [-0.25, -0.2) is 0 Å². The van der Waals surface area contributed by atoms with Crippen molar-refractivity contribution in [2.45, 2.75) is 38.3 Å². The van der Waals surface area contributed by atoms with Gasteiger partial charge in [-0.05, 0) is 37.6 Å². The summed E-state index contributed by atoms with van der Waals surface area (Å²) in [5.41, 5.74) is 1.27. The molecular formula is C16H22BrNO2. The van der Waals surface area contributed by atoms with Gasteiger partial charge in [0.2, 0.25) is 0 Å². The summed E-state index contributed by atoms with van der Waals surface area (Å²) in [5, 5.41) is 3.60. The third kappa shape index (κ3) is 3.02. The highest BCUT2D eigenvalue weighted by Gasteiger charge is 2.34. The second kappa shape index (κ2) is 6.46. The number of hydrogen-bond acceptors (Lipinski definition) is 3. The summed E-state index contributed by atoms with van der Waals surface area (Å²) >= 11 is 3.56. The molecule has 4 heteroatoms. The fourth-order valence-electron chi connectivity index (χ4n) is 3.26. The van der Waals surface area contributed by atoms with Crippen LogP contribution in [0.5, 0.6) is 5.75 Å². The van der Waals surface area contributed by atoms with E-state index < -0.39 is 0 Å². The molecule has 2 aliphatic heterocycles. The summed E-state index contributed by atoms with van der Waals surface area (Å²) in [6, 6.07) is 6.70. The molecule has 1 fully saturated rings. The molecule has 1 aromatic carbocycles. The minimum Gasteiger partial charge on any atom is -0.490 e. The molecule has 0 aromatic heterocycles. The summed E-state index contributed by atoms with van der Waals surface area (Å²) in [5.74, 6) is 1.56. The van der Waals surface area contributed by atoms with Gasteiger partial charge in [-0.3, -0.25) is 0 Å². The van der Waals surface area contributed by atoms with Crippen molar-refractivity contribution in [3.05, 3.63) is 28.2 Å². The van der Waals surface area contributed by atoms with E-state index in [4.69, 9.17) is 9.47 Å². The standard InChI is InChI=1S/C16H22BrNO2/c1-2-18-14-9-16(11-4-3-7-19-10-11)20-15-6-5-12(17)8-13(14)15/h5-6,8,11,14,16,18H,2-4,7,9-10H2,1H3. The molecule has 2 heterocycles. The molecule has 0 bridgehead atoms. The van der Waals surface area contributed by atoms with Crippen molar-refractivity contribution in [1.29, 1.82) is 0 Å². The van der Waals surface area contributed by atoms with Crippen molar-refractivity contribution in [1.82, 2.24) is 5.32 Å². The maximum atomic E-state index is 6.26. The van der Waals surface area contributed by atoms with Crippen LogP contribution < -0.4 is 10.1 Å². The molecule has 1 N–H and O–H groups in total. The van der Waals surface area contributed by atoms with Crippen LogP contribution in [0.3, 0.4) is 0 Å². The second-order valence-electron chi connectivity index (χ2n) is 5.66. The average molecular weight is 340 g/mol. The lowest BCUT2D eigenvalue weighted by atomic mass is 9.87. The summed E-state index contributed by atoms with van der Waals surface area (Å²) in [6.07, 6.45) is 3.68. The monoisotopic (exact) mass is 339 g/mol. The Hall–Kier alpha value is -0.580. The van der Waals surface area contributed by atoms with Crippen molar-refractivity contribution in [2.75, 3.05) is 19.8 Å². The number of halogens is 1. The van der Waals surface area contributed by atoms with Crippen LogP contribution in [0.25, 0.3) is 0 Å². The molecular weight excluding hydrogens is 318 g/mol. The Morgan fingerprint density at radius 1 is 1.40 bits per heavy atom.